The molecule has 3 aliphatic heterocycles. The predicted octanol–water partition coefficient (Wildman–Crippen LogP) is 0.732. The molecule has 0 unspecified atom stereocenters. The van der Waals surface area contributed by atoms with Crippen LogP contribution in [0.3, 0.4) is 0 Å². The summed E-state index contributed by atoms with van der Waals surface area (Å²) in [6.07, 6.45) is 3.42. The van der Waals surface area contributed by atoms with Gasteiger partial charge in [0, 0.05) is 32.7 Å². The number of carbonyl (C=O) groups is 2. The summed E-state index contributed by atoms with van der Waals surface area (Å²) in [4.78, 5) is 29.7. The minimum atomic E-state index is -0.464. The molecule has 140 valence electrons. The van der Waals surface area contributed by atoms with Crippen molar-refractivity contribution in [2.75, 3.05) is 32.7 Å². The van der Waals surface area contributed by atoms with Crippen LogP contribution in [0.15, 0.2) is 30.3 Å². The third-order valence-corrected chi connectivity index (χ3v) is 6.11. The number of nitrogens with zero attached hydrogens (tertiary/aromatic N) is 2. The molecule has 4 rings (SSSR count). The van der Waals surface area contributed by atoms with Crippen LogP contribution in [0.2, 0.25) is 0 Å². The highest BCUT2D eigenvalue weighted by molar-refractivity contribution is 5.88. The SMILES string of the molecule is O=C([C@H]1CCCN1Cc1ccccc1)N1CCC2(CC1)NCCNC2=O. The Morgan fingerprint density at radius 3 is 2.62 bits per heavy atom. The monoisotopic (exact) mass is 356 g/mol. The van der Waals surface area contributed by atoms with Crippen molar-refractivity contribution in [3.8, 4) is 0 Å². The summed E-state index contributed by atoms with van der Waals surface area (Å²) in [5.74, 6) is 0.340. The molecule has 0 saturated carbocycles. The first-order valence-electron chi connectivity index (χ1n) is 9.78. The fourth-order valence-corrected chi connectivity index (χ4v) is 4.56. The molecule has 3 saturated heterocycles. The average Bonchev–Trinajstić information content (AvgIpc) is 3.13. The van der Waals surface area contributed by atoms with Crippen LogP contribution < -0.4 is 10.6 Å². The molecule has 3 aliphatic rings. The number of hydrogen-bond acceptors (Lipinski definition) is 4. The number of rotatable bonds is 3. The van der Waals surface area contributed by atoms with E-state index in [4.69, 9.17) is 0 Å². The number of hydrogen-bond donors (Lipinski definition) is 2. The van der Waals surface area contributed by atoms with Crippen LogP contribution in [0, 0.1) is 0 Å². The van der Waals surface area contributed by atoms with Crippen molar-refractivity contribution in [2.45, 2.75) is 43.8 Å². The van der Waals surface area contributed by atoms with Crippen molar-refractivity contribution < 1.29 is 9.59 Å². The number of nitrogens with one attached hydrogen (secondary N) is 2. The van der Waals surface area contributed by atoms with E-state index in [2.05, 4.69) is 39.8 Å². The Morgan fingerprint density at radius 2 is 1.88 bits per heavy atom. The predicted molar refractivity (Wildman–Crippen MR) is 99.4 cm³/mol. The lowest BCUT2D eigenvalue weighted by Gasteiger charge is -2.44. The topological polar surface area (TPSA) is 64.7 Å². The molecular weight excluding hydrogens is 328 g/mol. The number of piperidine rings is 1. The largest absolute Gasteiger partial charge is 0.353 e. The van der Waals surface area contributed by atoms with E-state index in [0.717, 1.165) is 32.5 Å². The van der Waals surface area contributed by atoms with Crippen LogP contribution in [0.1, 0.15) is 31.2 Å². The van der Waals surface area contributed by atoms with E-state index < -0.39 is 5.54 Å². The van der Waals surface area contributed by atoms with E-state index in [1.807, 2.05) is 11.0 Å². The van der Waals surface area contributed by atoms with E-state index >= 15 is 0 Å². The summed E-state index contributed by atoms with van der Waals surface area (Å²) in [6, 6.07) is 10.4. The normalized spacial score (nSPS) is 26.1. The highest BCUT2D eigenvalue weighted by Gasteiger charge is 2.44. The fourth-order valence-electron chi connectivity index (χ4n) is 4.56. The summed E-state index contributed by atoms with van der Waals surface area (Å²) in [6.45, 7) is 4.64. The second-order valence-corrected chi connectivity index (χ2v) is 7.70. The third kappa shape index (κ3) is 3.35. The second-order valence-electron chi connectivity index (χ2n) is 7.70. The molecule has 0 aromatic heterocycles. The Morgan fingerprint density at radius 1 is 1.12 bits per heavy atom. The van der Waals surface area contributed by atoms with Crippen LogP contribution in [0.25, 0.3) is 0 Å². The van der Waals surface area contributed by atoms with E-state index in [9.17, 15) is 9.59 Å². The van der Waals surface area contributed by atoms with Gasteiger partial charge in [0.25, 0.3) is 0 Å². The van der Waals surface area contributed by atoms with Gasteiger partial charge in [-0.15, -0.1) is 0 Å². The van der Waals surface area contributed by atoms with Gasteiger partial charge in [-0.05, 0) is 37.8 Å². The first kappa shape index (κ1) is 17.5. The van der Waals surface area contributed by atoms with Gasteiger partial charge in [0.2, 0.25) is 11.8 Å². The van der Waals surface area contributed by atoms with Crippen LogP contribution in [-0.2, 0) is 16.1 Å². The maximum atomic E-state index is 13.1. The Kier molecular flexibility index (Phi) is 4.96. The summed E-state index contributed by atoms with van der Waals surface area (Å²) >= 11 is 0. The molecule has 1 aromatic carbocycles. The first-order chi connectivity index (χ1) is 12.7. The molecule has 1 spiro atoms. The standard InChI is InChI=1S/C20H28N4O2/c25-18(17-7-4-12-24(17)15-16-5-2-1-3-6-16)23-13-8-20(9-14-23)19(26)21-10-11-22-20/h1-3,5-6,17,22H,4,7-15H2,(H,21,26)/t17-/m1/s1. The van der Waals surface area contributed by atoms with Gasteiger partial charge < -0.3 is 15.5 Å². The Bertz CT molecular complexity index is 655. The zero-order chi connectivity index (χ0) is 18.0. The van der Waals surface area contributed by atoms with Gasteiger partial charge >= 0.3 is 0 Å². The molecule has 2 N–H and O–H groups in total. The number of benzene rings is 1. The van der Waals surface area contributed by atoms with Gasteiger partial charge in [0.1, 0.15) is 5.54 Å². The van der Waals surface area contributed by atoms with Crippen molar-refractivity contribution in [1.82, 2.24) is 20.4 Å². The zero-order valence-electron chi connectivity index (χ0n) is 15.2. The maximum Gasteiger partial charge on any atom is 0.240 e. The van der Waals surface area contributed by atoms with Gasteiger partial charge in [0.15, 0.2) is 0 Å². The van der Waals surface area contributed by atoms with E-state index in [-0.39, 0.29) is 17.9 Å². The smallest absolute Gasteiger partial charge is 0.240 e. The first-order valence-corrected chi connectivity index (χ1v) is 9.78. The van der Waals surface area contributed by atoms with Crippen LogP contribution >= 0.6 is 0 Å². The van der Waals surface area contributed by atoms with Crippen LogP contribution in [0.4, 0.5) is 0 Å². The lowest BCUT2D eigenvalue weighted by atomic mass is 9.85. The van der Waals surface area contributed by atoms with Crippen molar-refractivity contribution in [3.63, 3.8) is 0 Å². The quantitative estimate of drug-likeness (QED) is 0.838. The number of amides is 2. The lowest BCUT2D eigenvalue weighted by molar-refractivity contribution is -0.141. The number of piperazine rings is 1. The minimum absolute atomic E-state index is 0.0163. The van der Waals surface area contributed by atoms with Gasteiger partial charge in [0.05, 0.1) is 6.04 Å². The van der Waals surface area contributed by atoms with E-state index in [1.165, 1.54) is 5.56 Å². The van der Waals surface area contributed by atoms with Gasteiger partial charge in [-0.1, -0.05) is 30.3 Å². The lowest BCUT2D eigenvalue weighted by Crippen LogP contribution is -2.67. The molecule has 0 bridgehead atoms. The molecule has 2 amide bonds. The molecule has 1 atom stereocenters. The minimum Gasteiger partial charge on any atom is -0.353 e. The second kappa shape index (κ2) is 7.37. The number of carbonyl (C=O) groups excluding carboxylic acids is 2. The molecule has 6 heteroatoms. The Hall–Kier alpha value is -1.92. The number of likely N-dealkylation sites (tertiary alicyclic amines) is 2. The zero-order valence-corrected chi connectivity index (χ0v) is 15.2. The summed E-state index contributed by atoms with van der Waals surface area (Å²) in [5.41, 5.74) is 0.793. The maximum absolute atomic E-state index is 13.1. The molecule has 3 heterocycles. The highest BCUT2D eigenvalue weighted by Crippen LogP contribution is 2.27. The summed E-state index contributed by atoms with van der Waals surface area (Å²) in [7, 11) is 0. The fraction of sp³-hybridized carbons (Fsp3) is 0.600. The summed E-state index contributed by atoms with van der Waals surface area (Å²) in [5, 5.41) is 6.36. The van der Waals surface area contributed by atoms with Crippen molar-refractivity contribution >= 4 is 11.8 Å². The van der Waals surface area contributed by atoms with Crippen molar-refractivity contribution in [3.05, 3.63) is 35.9 Å². The molecule has 1 aromatic rings. The van der Waals surface area contributed by atoms with E-state index in [1.54, 1.807) is 0 Å². The molecule has 0 aliphatic carbocycles. The van der Waals surface area contributed by atoms with Crippen molar-refractivity contribution in [1.29, 1.82) is 0 Å². The highest BCUT2D eigenvalue weighted by atomic mass is 16.2. The van der Waals surface area contributed by atoms with E-state index in [0.29, 0.717) is 32.5 Å². The van der Waals surface area contributed by atoms with Crippen LogP contribution in [-0.4, -0.2) is 65.9 Å². The molecule has 3 fully saturated rings. The molecule has 6 nitrogen and oxygen atoms in total. The Balaban J connectivity index is 1.37. The van der Waals surface area contributed by atoms with Gasteiger partial charge in [-0.3, -0.25) is 14.5 Å². The molecular formula is C20H28N4O2. The average molecular weight is 356 g/mol. The summed E-state index contributed by atoms with van der Waals surface area (Å²) < 4.78 is 0. The third-order valence-electron chi connectivity index (χ3n) is 6.11. The van der Waals surface area contributed by atoms with Crippen LogP contribution in [0.5, 0.6) is 0 Å². The van der Waals surface area contributed by atoms with Gasteiger partial charge in [-0.2, -0.15) is 0 Å². The Labute approximate surface area is 154 Å². The molecule has 26 heavy (non-hydrogen) atoms. The molecule has 0 radical (unpaired) electrons. The van der Waals surface area contributed by atoms with Crippen molar-refractivity contribution in [2.24, 2.45) is 0 Å². The van der Waals surface area contributed by atoms with Gasteiger partial charge in [-0.25, -0.2) is 0 Å².